The summed E-state index contributed by atoms with van der Waals surface area (Å²) in [6.45, 7) is 18.2. The molecule has 0 spiro atoms. The average molecular weight is 716 g/mol. The van der Waals surface area contributed by atoms with E-state index in [-0.39, 0.29) is 20.4 Å². The van der Waals surface area contributed by atoms with E-state index >= 15 is 0 Å². The summed E-state index contributed by atoms with van der Waals surface area (Å²) in [5.74, 6) is 4.68. The van der Waals surface area contributed by atoms with Gasteiger partial charge in [-0.2, -0.15) is 0 Å². The van der Waals surface area contributed by atoms with Gasteiger partial charge < -0.3 is 22.5 Å². The second kappa shape index (κ2) is 18.4. The minimum absolute atomic E-state index is 0. The first kappa shape index (κ1) is 36.1. The Morgan fingerprint density at radius 3 is 0.921 bits per heavy atom. The van der Waals surface area contributed by atoms with E-state index in [9.17, 15) is 0 Å². The number of hydrogen-bond acceptors (Lipinski definition) is 1. The molecule has 0 aromatic heterocycles. The average Bonchev–Trinajstić information content (AvgIpc) is 3.09. The molecule has 1 radical (unpaired) electrons. The second-order valence-corrected chi connectivity index (χ2v) is 18.0. The second-order valence-electron chi connectivity index (χ2n) is 11.0. The zero-order chi connectivity index (χ0) is 28.0. The summed E-state index contributed by atoms with van der Waals surface area (Å²) in [4.78, 5) is 7.25. The summed E-state index contributed by atoms with van der Waals surface area (Å²) in [7, 11) is -1.66. The van der Waals surface area contributed by atoms with Crippen LogP contribution in [0.5, 0.6) is 0 Å². The molecule has 0 amide bonds. The Labute approximate surface area is 248 Å². The molecule has 0 atom stereocenters. The van der Waals surface area contributed by atoms with Crippen LogP contribution in [0.25, 0.3) is 5.59 Å². The summed E-state index contributed by atoms with van der Waals surface area (Å²) >= 11 is 0. The first-order chi connectivity index (χ1) is 17.6. The van der Waals surface area contributed by atoms with E-state index in [1.165, 1.54) is 15.9 Å². The topological polar surface area (TPSA) is 39.4 Å². The van der Waals surface area contributed by atoms with Crippen molar-refractivity contribution in [1.82, 2.24) is 0 Å². The zero-order valence-electron chi connectivity index (χ0n) is 24.2. The maximum Gasteiger partial charge on any atom is 0.0806 e. The fourth-order valence-corrected chi connectivity index (χ4v) is 6.88. The van der Waals surface area contributed by atoms with Gasteiger partial charge in [-0.15, -0.1) is 0 Å². The van der Waals surface area contributed by atoms with Gasteiger partial charge in [0.25, 0.3) is 0 Å². The molecular weight excluding hydrogens is 672 g/mol. The van der Waals surface area contributed by atoms with Gasteiger partial charge in [-0.1, -0.05) is 145 Å². The largest absolute Gasteiger partial charge is 0.701 e. The third-order valence-electron chi connectivity index (χ3n) is 7.56. The van der Waals surface area contributed by atoms with E-state index in [0.29, 0.717) is 0 Å². The predicted molar refractivity (Wildman–Crippen MR) is 168 cm³/mol. The van der Waals surface area contributed by atoms with Crippen LogP contribution in [0.2, 0.25) is 19.6 Å². The molecule has 1 aliphatic carbocycles. The third kappa shape index (κ3) is 11.5. The molecule has 2 nitrogen and oxygen atoms in total. The molecular formula is C33H44NOPReSi-2. The van der Waals surface area contributed by atoms with E-state index in [1.54, 1.807) is 0 Å². The summed E-state index contributed by atoms with van der Waals surface area (Å²) in [6.07, 6.45) is 6.67. The molecule has 3 aromatic carbocycles. The molecule has 1 fully saturated rings. The van der Waals surface area contributed by atoms with E-state index in [4.69, 9.17) is 16.9 Å². The SMILES string of the molecule is CC1C(C)C(C)C(C)C1C.[C-]#C[Si](C)(C)C.[N-]=O.[Re].c1ccc(P(c2ccccc2)c2ccccc2)cc1. The van der Waals surface area contributed by atoms with Crippen molar-refractivity contribution in [2.75, 3.05) is 0 Å². The van der Waals surface area contributed by atoms with E-state index in [0.717, 1.165) is 29.6 Å². The van der Waals surface area contributed by atoms with Crippen molar-refractivity contribution in [2.45, 2.75) is 54.3 Å². The first-order valence-electron chi connectivity index (χ1n) is 13.1. The summed E-state index contributed by atoms with van der Waals surface area (Å²) in [6, 6.07) is 32.3. The van der Waals surface area contributed by atoms with Gasteiger partial charge in [0, 0.05) is 20.4 Å². The van der Waals surface area contributed by atoms with Crippen LogP contribution in [0.3, 0.4) is 0 Å². The van der Waals surface area contributed by atoms with Crippen molar-refractivity contribution in [3.63, 3.8) is 0 Å². The molecule has 205 valence electrons. The van der Waals surface area contributed by atoms with Gasteiger partial charge in [-0.05, 0) is 53.4 Å². The maximum atomic E-state index is 7.25. The van der Waals surface area contributed by atoms with Gasteiger partial charge >= 0.3 is 0 Å². The van der Waals surface area contributed by atoms with Crippen LogP contribution in [0.1, 0.15) is 34.6 Å². The van der Waals surface area contributed by atoms with E-state index in [1.807, 2.05) is 0 Å². The van der Waals surface area contributed by atoms with Crippen molar-refractivity contribution >= 4 is 31.9 Å². The minimum Gasteiger partial charge on any atom is -0.701 e. The Bertz CT molecular complexity index is 914. The van der Waals surface area contributed by atoms with Crippen molar-refractivity contribution in [1.29, 1.82) is 0 Å². The van der Waals surface area contributed by atoms with Gasteiger partial charge in [0.1, 0.15) is 0 Å². The Morgan fingerprint density at radius 2 is 0.763 bits per heavy atom. The number of hydrogen-bond donors (Lipinski definition) is 0. The third-order valence-corrected chi connectivity index (χ3v) is 10.8. The molecule has 38 heavy (non-hydrogen) atoms. The van der Waals surface area contributed by atoms with Crippen LogP contribution in [-0.4, -0.2) is 8.07 Å². The Kier molecular flexibility index (Phi) is 17.5. The molecule has 0 unspecified atom stereocenters. The minimum atomic E-state index is -1.21. The van der Waals surface area contributed by atoms with Gasteiger partial charge in [-0.3, -0.25) is 0 Å². The van der Waals surface area contributed by atoms with Gasteiger partial charge in [0.2, 0.25) is 0 Å². The van der Waals surface area contributed by atoms with Crippen LogP contribution in [-0.2, 0) is 20.4 Å². The van der Waals surface area contributed by atoms with Crippen LogP contribution < -0.4 is 15.9 Å². The van der Waals surface area contributed by atoms with Gasteiger partial charge in [-0.25, -0.2) is 0 Å². The summed E-state index contributed by atoms with van der Waals surface area (Å²) in [5.41, 5.74) is 8.24. The number of rotatable bonds is 3. The van der Waals surface area contributed by atoms with Gasteiger partial charge in [0.05, 0.1) is 8.07 Å². The van der Waals surface area contributed by atoms with Crippen LogP contribution in [0.4, 0.5) is 0 Å². The van der Waals surface area contributed by atoms with Crippen molar-refractivity contribution < 1.29 is 20.4 Å². The normalized spacial score (nSPS) is 21.6. The van der Waals surface area contributed by atoms with Gasteiger partial charge in [0.15, 0.2) is 0 Å². The molecule has 0 aliphatic heterocycles. The first-order valence-corrected chi connectivity index (χ1v) is 18.0. The van der Waals surface area contributed by atoms with Crippen molar-refractivity contribution in [2.24, 2.45) is 29.6 Å². The summed E-state index contributed by atoms with van der Waals surface area (Å²) < 4.78 is 0. The maximum absolute atomic E-state index is 7.25. The van der Waals surface area contributed by atoms with Crippen LogP contribution in [0, 0.1) is 46.5 Å². The van der Waals surface area contributed by atoms with Crippen molar-refractivity contribution in [3.05, 3.63) is 108 Å². The standard InChI is InChI=1S/C18H15P.C10H20.C5H9Si.NO.Re/c1-4-10-16(11-5-1)19(17-12-6-2-7-13-17)18-14-8-3-9-15-18;1-6-7(2)9(4)10(5)8(6)3;1-5-6(2,3)4;1-2;/h1-15H;6-10H,1-5H3;2-4H3;;/q;;2*-1;. The van der Waals surface area contributed by atoms with E-state index in [2.05, 4.69) is 151 Å². The molecule has 0 bridgehead atoms. The molecule has 1 aliphatic rings. The van der Waals surface area contributed by atoms with Crippen molar-refractivity contribution in [3.8, 4) is 5.54 Å². The summed E-state index contributed by atoms with van der Waals surface area (Å²) in [5, 5.41) is 4.19. The Morgan fingerprint density at radius 1 is 0.579 bits per heavy atom. The predicted octanol–water partition coefficient (Wildman–Crippen LogP) is 8.40. The zero-order valence-corrected chi connectivity index (χ0v) is 28.8. The molecule has 3 aromatic rings. The van der Waals surface area contributed by atoms with Crippen LogP contribution in [0.15, 0.2) is 91.0 Å². The van der Waals surface area contributed by atoms with Crippen LogP contribution >= 0.6 is 7.92 Å². The fourth-order valence-electron chi connectivity index (χ4n) is 4.57. The molecule has 5 heteroatoms. The molecule has 1 saturated carbocycles. The number of benzene rings is 3. The molecule has 0 heterocycles. The molecule has 0 saturated heterocycles. The quantitative estimate of drug-likeness (QED) is 0.116. The molecule has 4 rings (SSSR count). The van der Waals surface area contributed by atoms with E-state index < -0.39 is 16.0 Å². The Balaban J connectivity index is 0.000000609. The monoisotopic (exact) mass is 716 g/mol. The smallest absolute Gasteiger partial charge is 0.0806 e. The fraction of sp³-hybridized carbons (Fsp3) is 0.394. The number of nitroso groups, excluding NO2 is 1. The molecule has 0 N–H and O–H groups in total. The Hall–Kier alpha value is -1.87. The number of nitrogens with zero attached hydrogens (tertiary/aromatic N) is 1.